The second kappa shape index (κ2) is 5.28. The van der Waals surface area contributed by atoms with Gasteiger partial charge in [-0.1, -0.05) is 6.42 Å². The third kappa shape index (κ3) is 2.92. The summed E-state index contributed by atoms with van der Waals surface area (Å²) in [5.74, 6) is 0. The van der Waals surface area contributed by atoms with E-state index in [1.807, 2.05) is 0 Å². The molecule has 2 aliphatic rings. The molecule has 2 fully saturated rings. The summed E-state index contributed by atoms with van der Waals surface area (Å²) in [6.07, 6.45) is 8.24. The molecule has 3 N–H and O–H groups in total. The number of ether oxygens (including phenoxy) is 1. The summed E-state index contributed by atoms with van der Waals surface area (Å²) in [6.45, 7) is 3.96. The Morgan fingerprint density at radius 3 is 2.73 bits per heavy atom. The normalized spacial score (nSPS) is 29.0. The third-order valence-electron chi connectivity index (χ3n) is 4.08. The molecule has 1 saturated heterocycles. The van der Waals surface area contributed by atoms with Crippen molar-refractivity contribution in [2.24, 2.45) is 11.1 Å². The molecular formula is C12H24N2O. The molecule has 0 aromatic rings. The molecule has 1 aliphatic heterocycles. The highest BCUT2D eigenvalue weighted by atomic mass is 16.5. The van der Waals surface area contributed by atoms with Crippen LogP contribution in [0.5, 0.6) is 0 Å². The molecule has 1 aliphatic carbocycles. The van der Waals surface area contributed by atoms with Crippen LogP contribution in [0.4, 0.5) is 0 Å². The first-order valence-corrected chi connectivity index (χ1v) is 6.37. The van der Waals surface area contributed by atoms with Gasteiger partial charge in [0.2, 0.25) is 0 Å². The van der Waals surface area contributed by atoms with E-state index >= 15 is 0 Å². The predicted molar refractivity (Wildman–Crippen MR) is 61.8 cm³/mol. The molecular weight excluding hydrogens is 188 g/mol. The Bertz CT molecular complexity index is 181. The summed E-state index contributed by atoms with van der Waals surface area (Å²) in [5.41, 5.74) is 6.31. The molecule has 0 aromatic carbocycles. The lowest BCUT2D eigenvalue weighted by Crippen LogP contribution is -2.40. The molecule has 0 bridgehead atoms. The number of rotatable bonds is 6. The van der Waals surface area contributed by atoms with Crippen molar-refractivity contribution in [3.63, 3.8) is 0 Å². The van der Waals surface area contributed by atoms with Crippen LogP contribution in [0.3, 0.4) is 0 Å². The average molecular weight is 212 g/mol. The minimum absolute atomic E-state index is 0.472. The van der Waals surface area contributed by atoms with E-state index in [4.69, 9.17) is 10.5 Å². The zero-order chi connectivity index (χ0) is 10.6. The van der Waals surface area contributed by atoms with E-state index in [1.165, 1.54) is 38.5 Å². The van der Waals surface area contributed by atoms with Crippen molar-refractivity contribution < 1.29 is 4.74 Å². The molecule has 1 unspecified atom stereocenters. The SMILES string of the molecule is NCC1(CCNCC2CCCO2)CCC1. The minimum atomic E-state index is 0.472. The average Bonchev–Trinajstić information content (AvgIpc) is 2.68. The molecule has 15 heavy (non-hydrogen) atoms. The Morgan fingerprint density at radius 2 is 2.20 bits per heavy atom. The Balaban J connectivity index is 1.54. The van der Waals surface area contributed by atoms with Crippen LogP contribution in [0.1, 0.15) is 38.5 Å². The van der Waals surface area contributed by atoms with E-state index in [2.05, 4.69) is 5.32 Å². The fourth-order valence-corrected chi connectivity index (χ4v) is 2.65. The largest absolute Gasteiger partial charge is 0.377 e. The lowest BCUT2D eigenvalue weighted by Gasteiger charge is -2.41. The molecule has 88 valence electrons. The summed E-state index contributed by atoms with van der Waals surface area (Å²) < 4.78 is 5.56. The lowest BCUT2D eigenvalue weighted by atomic mass is 9.67. The quantitative estimate of drug-likeness (QED) is 0.652. The molecule has 0 aromatic heterocycles. The van der Waals surface area contributed by atoms with Crippen LogP contribution in [0.25, 0.3) is 0 Å². The molecule has 0 radical (unpaired) electrons. The van der Waals surface area contributed by atoms with E-state index in [9.17, 15) is 0 Å². The standard InChI is InChI=1S/C12H24N2O/c13-10-12(4-2-5-12)6-7-14-9-11-3-1-8-15-11/h11,14H,1-10,13H2. The van der Waals surface area contributed by atoms with Crippen molar-refractivity contribution in [2.75, 3.05) is 26.2 Å². The van der Waals surface area contributed by atoms with Gasteiger partial charge in [-0.3, -0.25) is 0 Å². The van der Waals surface area contributed by atoms with Gasteiger partial charge in [-0.15, -0.1) is 0 Å². The van der Waals surface area contributed by atoms with Gasteiger partial charge in [-0.05, 0) is 50.6 Å². The van der Waals surface area contributed by atoms with Crippen LogP contribution < -0.4 is 11.1 Å². The topological polar surface area (TPSA) is 47.3 Å². The smallest absolute Gasteiger partial charge is 0.0700 e. The molecule has 0 spiro atoms. The Hall–Kier alpha value is -0.120. The van der Waals surface area contributed by atoms with Crippen molar-refractivity contribution in [3.8, 4) is 0 Å². The summed E-state index contributed by atoms with van der Waals surface area (Å²) >= 11 is 0. The van der Waals surface area contributed by atoms with Crippen molar-refractivity contribution in [1.29, 1.82) is 0 Å². The molecule has 1 saturated carbocycles. The molecule has 3 heteroatoms. The van der Waals surface area contributed by atoms with E-state index in [0.717, 1.165) is 26.2 Å². The van der Waals surface area contributed by atoms with Crippen LogP contribution in [0.2, 0.25) is 0 Å². The minimum Gasteiger partial charge on any atom is -0.377 e. The fraction of sp³-hybridized carbons (Fsp3) is 1.00. The second-order valence-electron chi connectivity index (χ2n) is 5.15. The maximum absolute atomic E-state index is 5.82. The Labute approximate surface area is 92.7 Å². The maximum Gasteiger partial charge on any atom is 0.0700 e. The highest BCUT2D eigenvalue weighted by Gasteiger charge is 2.34. The van der Waals surface area contributed by atoms with E-state index < -0.39 is 0 Å². The zero-order valence-corrected chi connectivity index (χ0v) is 9.63. The predicted octanol–water partition coefficient (Wildman–Crippen LogP) is 1.27. The van der Waals surface area contributed by atoms with Gasteiger partial charge >= 0.3 is 0 Å². The number of nitrogens with one attached hydrogen (secondary N) is 1. The van der Waals surface area contributed by atoms with Gasteiger partial charge in [-0.2, -0.15) is 0 Å². The zero-order valence-electron chi connectivity index (χ0n) is 9.63. The van der Waals surface area contributed by atoms with Gasteiger partial charge in [0.05, 0.1) is 6.10 Å². The van der Waals surface area contributed by atoms with E-state index in [0.29, 0.717) is 11.5 Å². The van der Waals surface area contributed by atoms with Crippen LogP contribution in [0.15, 0.2) is 0 Å². The van der Waals surface area contributed by atoms with Gasteiger partial charge in [0, 0.05) is 13.2 Å². The molecule has 3 nitrogen and oxygen atoms in total. The van der Waals surface area contributed by atoms with Crippen LogP contribution >= 0.6 is 0 Å². The first-order chi connectivity index (χ1) is 7.35. The van der Waals surface area contributed by atoms with E-state index in [-0.39, 0.29) is 0 Å². The summed E-state index contributed by atoms with van der Waals surface area (Å²) in [7, 11) is 0. The van der Waals surface area contributed by atoms with E-state index in [1.54, 1.807) is 0 Å². The van der Waals surface area contributed by atoms with Crippen molar-refractivity contribution in [1.82, 2.24) is 5.32 Å². The van der Waals surface area contributed by atoms with Gasteiger partial charge in [0.15, 0.2) is 0 Å². The highest BCUT2D eigenvalue weighted by Crippen LogP contribution is 2.42. The molecule has 2 rings (SSSR count). The van der Waals surface area contributed by atoms with Crippen molar-refractivity contribution in [2.45, 2.75) is 44.6 Å². The number of nitrogens with two attached hydrogens (primary N) is 1. The second-order valence-corrected chi connectivity index (χ2v) is 5.15. The lowest BCUT2D eigenvalue weighted by molar-refractivity contribution is 0.103. The Morgan fingerprint density at radius 1 is 1.33 bits per heavy atom. The summed E-state index contributed by atoms with van der Waals surface area (Å²) in [4.78, 5) is 0. The van der Waals surface area contributed by atoms with Crippen molar-refractivity contribution >= 4 is 0 Å². The molecule has 1 heterocycles. The third-order valence-corrected chi connectivity index (χ3v) is 4.08. The van der Waals surface area contributed by atoms with Gasteiger partial charge < -0.3 is 15.8 Å². The highest BCUT2D eigenvalue weighted by molar-refractivity contribution is 4.89. The molecule has 0 amide bonds. The maximum atomic E-state index is 5.82. The monoisotopic (exact) mass is 212 g/mol. The van der Waals surface area contributed by atoms with Gasteiger partial charge in [0.25, 0.3) is 0 Å². The van der Waals surface area contributed by atoms with Gasteiger partial charge in [-0.25, -0.2) is 0 Å². The van der Waals surface area contributed by atoms with Crippen LogP contribution in [-0.4, -0.2) is 32.3 Å². The van der Waals surface area contributed by atoms with Crippen LogP contribution in [-0.2, 0) is 4.74 Å². The number of hydrogen-bond acceptors (Lipinski definition) is 3. The number of hydrogen-bond donors (Lipinski definition) is 2. The Kier molecular flexibility index (Phi) is 4.00. The van der Waals surface area contributed by atoms with Crippen molar-refractivity contribution in [3.05, 3.63) is 0 Å². The summed E-state index contributed by atoms with van der Waals surface area (Å²) in [5, 5.41) is 3.50. The fourth-order valence-electron chi connectivity index (χ4n) is 2.65. The summed E-state index contributed by atoms with van der Waals surface area (Å²) in [6, 6.07) is 0. The molecule has 1 atom stereocenters. The first-order valence-electron chi connectivity index (χ1n) is 6.37. The van der Waals surface area contributed by atoms with Gasteiger partial charge in [0.1, 0.15) is 0 Å². The first kappa shape index (κ1) is 11.4. The van der Waals surface area contributed by atoms with Crippen LogP contribution in [0, 0.1) is 5.41 Å².